The van der Waals surface area contributed by atoms with Crippen LogP contribution in [0.3, 0.4) is 0 Å². The number of nitrogen functional groups attached to an aromatic ring is 1. The lowest BCUT2D eigenvalue weighted by atomic mass is 9.98. The highest BCUT2D eigenvalue weighted by atomic mass is 32.2. The van der Waals surface area contributed by atoms with Gasteiger partial charge < -0.3 is 10.7 Å². The molecular weight excluding hydrogens is 341 g/mol. The Labute approximate surface area is 150 Å². The zero-order valence-electron chi connectivity index (χ0n) is 14.4. The van der Waals surface area contributed by atoms with Crippen LogP contribution >= 0.6 is 11.8 Å². The number of rotatable bonds is 4. The van der Waals surface area contributed by atoms with Gasteiger partial charge in [-0.25, -0.2) is 9.07 Å². The molecule has 134 valence electrons. The van der Waals surface area contributed by atoms with Crippen molar-refractivity contribution in [1.82, 2.24) is 19.8 Å². The number of piperidine rings is 1. The molecule has 1 aromatic heterocycles. The van der Waals surface area contributed by atoms with Gasteiger partial charge in [0.25, 0.3) is 0 Å². The Kier molecular flexibility index (Phi) is 5.27. The van der Waals surface area contributed by atoms with Crippen LogP contribution in [0.15, 0.2) is 29.4 Å². The molecule has 1 fully saturated rings. The SMILES string of the molecule is C[C@H]1CCC[C@H](C)N1C(=O)CSc1nnc(-c2ccccc2F)n1N. The number of likely N-dealkylation sites (tertiary alicyclic amines) is 1. The molecule has 6 nitrogen and oxygen atoms in total. The van der Waals surface area contributed by atoms with Gasteiger partial charge in [0.1, 0.15) is 5.82 Å². The van der Waals surface area contributed by atoms with Crippen molar-refractivity contribution >= 4 is 17.7 Å². The van der Waals surface area contributed by atoms with E-state index in [1.807, 2.05) is 4.90 Å². The summed E-state index contributed by atoms with van der Waals surface area (Å²) in [7, 11) is 0. The fraction of sp³-hybridized carbons (Fsp3) is 0.471. The lowest BCUT2D eigenvalue weighted by Crippen LogP contribution is -2.48. The number of carbonyl (C=O) groups excluding carboxylic acids is 1. The van der Waals surface area contributed by atoms with Crippen molar-refractivity contribution in [3.63, 3.8) is 0 Å². The number of nitrogens with two attached hydrogens (primary N) is 1. The van der Waals surface area contributed by atoms with Crippen LogP contribution in [-0.4, -0.2) is 43.5 Å². The molecule has 0 spiro atoms. The number of amides is 1. The van der Waals surface area contributed by atoms with Crippen molar-refractivity contribution in [2.24, 2.45) is 0 Å². The van der Waals surface area contributed by atoms with Gasteiger partial charge in [-0.15, -0.1) is 10.2 Å². The van der Waals surface area contributed by atoms with E-state index in [1.54, 1.807) is 18.2 Å². The highest BCUT2D eigenvalue weighted by Crippen LogP contribution is 2.26. The van der Waals surface area contributed by atoms with Crippen molar-refractivity contribution in [3.8, 4) is 11.4 Å². The van der Waals surface area contributed by atoms with Gasteiger partial charge in [-0.2, -0.15) is 0 Å². The molecule has 1 aliphatic heterocycles. The van der Waals surface area contributed by atoms with Gasteiger partial charge in [0.15, 0.2) is 5.82 Å². The fourth-order valence-electron chi connectivity index (χ4n) is 3.32. The van der Waals surface area contributed by atoms with Crippen LogP contribution < -0.4 is 5.84 Å². The van der Waals surface area contributed by atoms with Crippen LogP contribution in [0.25, 0.3) is 11.4 Å². The number of aromatic nitrogens is 3. The first-order valence-corrected chi connectivity index (χ1v) is 9.37. The van der Waals surface area contributed by atoms with Gasteiger partial charge in [0.2, 0.25) is 11.1 Å². The van der Waals surface area contributed by atoms with Crippen LogP contribution in [-0.2, 0) is 4.79 Å². The van der Waals surface area contributed by atoms with Crippen LogP contribution in [0.2, 0.25) is 0 Å². The molecule has 0 bridgehead atoms. The number of carbonyl (C=O) groups is 1. The summed E-state index contributed by atoms with van der Waals surface area (Å²) in [4.78, 5) is 14.5. The third-order valence-corrected chi connectivity index (χ3v) is 5.51. The lowest BCUT2D eigenvalue weighted by molar-refractivity contribution is -0.134. The van der Waals surface area contributed by atoms with Crippen molar-refractivity contribution in [2.45, 2.75) is 50.4 Å². The van der Waals surface area contributed by atoms with E-state index >= 15 is 0 Å². The topological polar surface area (TPSA) is 77.0 Å². The van der Waals surface area contributed by atoms with E-state index in [2.05, 4.69) is 24.0 Å². The molecule has 2 N–H and O–H groups in total. The summed E-state index contributed by atoms with van der Waals surface area (Å²) in [6.07, 6.45) is 3.22. The molecule has 2 heterocycles. The highest BCUT2D eigenvalue weighted by Gasteiger charge is 2.29. The lowest BCUT2D eigenvalue weighted by Gasteiger charge is -2.39. The largest absolute Gasteiger partial charge is 0.337 e. The minimum absolute atomic E-state index is 0.0696. The molecule has 2 aromatic rings. The standard InChI is InChI=1S/C17H22FN5OS/c1-11-6-5-7-12(2)22(11)15(24)10-25-17-21-20-16(23(17)19)13-8-3-4-9-14(13)18/h3-4,8-9,11-12H,5-7,10,19H2,1-2H3/t11-,12-/m0/s1. The molecule has 3 rings (SSSR count). The molecule has 1 amide bonds. The summed E-state index contributed by atoms with van der Waals surface area (Å²) < 4.78 is 15.1. The van der Waals surface area contributed by atoms with Gasteiger partial charge in [-0.1, -0.05) is 23.9 Å². The quantitative estimate of drug-likeness (QED) is 0.667. The average molecular weight is 363 g/mol. The third-order valence-electron chi connectivity index (χ3n) is 4.59. The summed E-state index contributed by atoms with van der Waals surface area (Å²) in [5.41, 5.74) is 0.286. The van der Waals surface area contributed by atoms with Crippen molar-refractivity contribution in [2.75, 3.05) is 11.6 Å². The normalized spacial score (nSPS) is 20.7. The predicted octanol–water partition coefficient (Wildman–Crippen LogP) is 2.68. The summed E-state index contributed by atoms with van der Waals surface area (Å²) >= 11 is 1.22. The summed E-state index contributed by atoms with van der Waals surface area (Å²) in [5.74, 6) is 6.14. The molecule has 1 aliphatic rings. The third kappa shape index (κ3) is 3.63. The Morgan fingerprint density at radius 1 is 1.28 bits per heavy atom. The van der Waals surface area contributed by atoms with E-state index in [0.717, 1.165) is 19.3 Å². The Morgan fingerprint density at radius 2 is 1.96 bits per heavy atom. The number of halogens is 1. The molecular formula is C17H22FN5OS. The molecule has 0 aliphatic carbocycles. The average Bonchev–Trinajstić information content (AvgIpc) is 2.94. The Hall–Kier alpha value is -2.09. The van der Waals surface area contributed by atoms with Crippen LogP contribution in [0, 0.1) is 5.82 Å². The minimum Gasteiger partial charge on any atom is -0.337 e. The number of hydrogen-bond donors (Lipinski definition) is 1. The Bertz CT molecular complexity index is 755. The smallest absolute Gasteiger partial charge is 0.233 e. The van der Waals surface area contributed by atoms with E-state index in [4.69, 9.17) is 5.84 Å². The van der Waals surface area contributed by atoms with E-state index < -0.39 is 5.82 Å². The molecule has 8 heteroatoms. The van der Waals surface area contributed by atoms with Crippen LogP contribution in [0.5, 0.6) is 0 Å². The monoisotopic (exact) mass is 363 g/mol. The molecule has 0 radical (unpaired) electrons. The number of thioether (sulfide) groups is 1. The molecule has 0 unspecified atom stereocenters. The second-order valence-electron chi connectivity index (χ2n) is 6.37. The van der Waals surface area contributed by atoms with Crippen molar-refractivity contribution in [1.29, 1.82) is 0 Å². The maximum Gasteiger partial charge on any atom is 0.233 e. The maximum absolute atomic E-state index is 13.9. The minimum atomic E-state index is -0.412. The predicted molar refractivity (Wildman–Crippen MR) is 95.9 cm³/mol. The second-order valence-corrected chi connectivity index (χ2v) is 7.32. The molecule has 0 saturated carbocycles. The van der Waals surface area contributed by atoms with Gasteiger partial charge in [0, 0.05) is 12.1 Å². The molecule has 1 aromatic carbocycles. The van der Waals surface area contributed by atoms with Crippen LogP contribution in [0.1, 0.15) is 33.1 Å². The van der Waals surface area contributed by atoms with E-state index in [0.29, 0.717) is 5.16 Å². The first kappa shape index (κ1) is 17.7. The van der Waals surface area contributed by atoms with Crippen LogP contribution in [0.4, 0.5) is 4.39 Å². The van der Waals surface area contributed by atoms with Gasteiger partial charge in [-0.05, 0) is 45.2 Å². The molecule has 1 saturated heterocycles. The zero-order valence-corrected chi connectivity index (χ0v) is 15.2. The Balaban J connectivity index is 1.70. The van der Waals surface area contributed by atoms with Crippen molar-refractivity contribution < 1.29 is 9.18 Å². The second kappa shape index (κ2) is 7.43. The summed E-state index contributed by atoms with van der Waals surface area (Å²) in [6.45, 7) is 4.17. The number of nitrogens with zero attached hydrogens (tertiary/aromatic N) is 4. The van der Waals surface area contributed by atoms with E-state index in [1.165, 1.54) is 22.5 Å². The van der Waals surface area contributed by atoms with E-state index in [-0.39, 0.29) is 35.1 Å². The summed E-state index contributed by atoms with van der Waals surface area (Å²) in [6, 6.07) is 6.76. The molecule has 25 heavy (non-hydrogen) atoms. The summed E-state index contributed by atoms with van der Waals surface area (Å²) in [5, 5.41) is 8.36. The van der Waals surface area contributed by atoms with Gasteiger partial charge in [0.05, 0.1) is 11.3 Å². The highest BCUT2D eigenvalue weighted by molar-refractivity contribution is 7.99. The first-order chi connectivity index (χ1) is 12.0. The number of benzene rings is 1. The molecule has 2 atom stereocenters. The zero-order chi connectivity index (χ0) is 18.0. The number of hydrogen-bond acceptors (Lipinski definition) is 5. The van der Waals surface area contributed by atoms with Gasteiger partial charge >= 0.3 is 0 Å². The Morgan fingerprint density at radius 3 is 2.64 bits per heavy atom. The van der Waals surface area contributed by atoms with Gasteiger partial charge in [-0.3, -0.25) is 4.79 Å². The first-order valence-electron chi connectivity index (χ1n) is 8.38. The fourth-order valence-corrected chi connectivity index (χ4v) is 4.04. The van der Waals surface area contributed by atoms with Crippen molar-refractivity contribution in [3.05, 3.63) is 30.1 Å². The maximum atomic E-state index is 13.9. The van der Waals surface area contributed by atoms with E-state index in [9.17, 15) is 9.18 Å².